The number of carbonyl (C=O) groups excluding carboxylic acids is 3. The van der Waals surface area contributed by atoms with Crippen molar-refractivity contribution in [2.75, 3.05) is 0 Å². The molecule has 8 nitrogen and oxygen atoms in total. The average Bonchev–Trinajstić information content (AvgIpc) is 2.83. The maximum Gasteiger partial charge on any atom is 0.303 e. The molecule has 8 heteroatoms. The molecule has 4 aliphatic rings. The highest BCUT2D eigenvalue weighted by Gasteiger charge is 2.77. The Balaban J connectivity index is 1.93. The first-order valence-electron chi connectivity index (χ1n) is 11.3. The van der Waals surface area contributed by atoms with Crippen molar-refractivity contribution in [1.29, 1.82) is 0 Å². The standard InChI is InChI=1S/C24H34O8/c1-10-13-7-14(27)17-23(6)9-15(28)20(31-11(2)25)22(4,5)18(23)16(29)21(32-12(3)26)24(17,8-13)19(10)30/h13-18,20-21,27-29H,1,7-9H2,2-6H3/t13-,14+,15+,16-,17+,18-,20+,21+,23-,24+/m1/s1. The van der Waals surface area contributed by atoms with E-state index in [1.54, 1.807) is 13.8 Å². The first kappa shape index (κ1) is 23.4. The Kier molecular flexibility index (Phi) is 5.20. The molecule has 0 saturated heterocycles. The molecule has 10 atom stereocenters. The SMILES string of the molecule is C=C1C(=O)[C@]23C[C@H]1C[C@H](O)[C@H]2[C@@]1(C)C[C@H](O)[C@H](OC(C)=O)C(C)(C)[C@H]1[C@@H](O)[C@@H]3OC(C)=O. The van der Waals surface area contributed by atoms with Gasteiger partial charge in [0.05, 0.1) is 23.7 Å². The van der Waals surface area contributed by atoms with Crippen LogP contribution in [0.4, 0.5) is 0 Å². The molecule has 32 heavy (non-hydrogen) atoms. The number of fused-ring (bicyclic) bond motifs is 3. The van der Waals surface area contributed by atoms with E-state index >= 15 is 0 Å². The molecule has 4 fully saturated rings. The fourth-order valence-corrected chi connectivity index (χ4v) is 8.42. The smallest absolute Gasteiger partial charge is 0.303 e. The number of rotatable bonds is 2. The Morgan fingerprint density at radius 2 is 1.50 bits per heavy atom. The van der Waals surface area contributed by atoms with Crippen molar-refractivity contribution < 1.29 is 39.2 Å². The van der Waals surface area contributed by atoms with Gasteiger partial charge in [-0.05, 0) is 36.2 Å². The van der Waals surface area contributed by atoms with E-state index in [0.717, 1.165) is 0 Å². The van der Waals surface area contributed by atoms with Gasteiger partial charge in [-0.1, -0.05) is 27.4 Å². The average molecular weight is 451 g/mol. The number of allylic oxidation sites excluding steroid dienone is 1. The van der Waals surface area contributed by atoms with Crippen LogP contribution in [0.3, 0.4) is 0 Å². The maximum absolute atomic E-state index is 13.7. The number of hydrogen-bond donors (Lipinski definition) is 3. The molecule has 0 aromatic carbocycles. The molecule has 1 spiro atoms. The third-order valence-corrected chi connectivity index (χ3v) is 8.96. The van der Waals surface area contributed by atoms with Gasteiger partial charge in [0.25, 0.3) is 0 Å². The first-order valence-corrected chi connectivity index (χ1v) is 11.3. The van der Waals surface area contributed by atoms with Crippen LogP contribution in [-0.2, 0) is 23.9 Å². The summed E-state index contributed by atoms with van der Waals surface area (Å²) in [6.45, 7) is 11.9. The molecule has 178 valence electrons. The van der Waals surface area contributed by atoms with Gasteiger partial charge in [-0.15, -0.1) is 0 Å². The summed E-state index contributed by atoms with van der Waals surface area (Å²) in [4.78, 5) is 37.5. The molecule has 2 bridgehead atoms. The second-order valence-electron chi connectivity index (χ2n) is 11.2. The molecule has 4 rings (SSSR count). The van der Waals surface area contributed by atoms with Crippen molar-refractivity contribution in [3.63, 3.8) is 0 Å². The number of ether oxygens (including phenoxy) is 2. The van der Waals surface area contributed by atoms with E-state index in [9.17, 15) is 29.7 Å². The van der Waals surface area contributed by atoms with E-state index in [2.05, 4.69) is 6.58 Å². The van der Waals surface area contributed by atoms with E-state index < -0.39 is 70.5 Å². The minimum atomic E-state index is -1.31. The van der Waals surface area contributed by atoms with Gasteiger partial charge < -0.3 is 24.8 Å². The quantitative estimate of drug-likeness (QED) is 0.422. The van der Waals surface area contributed by atoms with Crippen LogP contribution in [-0.4, -0.2) is 63.6 Å². The monoisotopic (exact) mass is 450 g/mol. The number of esters is 2. The molecule has 4 saturated carbocycles. The molecular formula is C24H34O8. The van der Waals surface area contributed by atoms with Crippen molar-refractivity contribution in [3.05, 3.63) is 12.2 Å². The summed E-state index contributed by atoms with van der Waals surface area (Å²) >= 11 is 0. The van der Waals surface area contributed by atoms with Crippen LogP contribution in [0.2, 0.25) is 0 Å². The van der Waals surface area contributed by atoms with Crippen LogP contribution >= 0.6 is 0 Å². The van der Waals surface area contributed by atoms with Gasteiger partial charge in [0.2, 0.25) is 0 Å². The van der Waals surface area contributed by atoms with Gasteiger partial charge >= 0.3 is 11.9 Å². The summed E-state index contributed by atoms with van der Waals surface area (Å²) in [7, 11) is 0. The maximum atomic E-state index is 13.7. The zero-order valence-corrected chi connectivity index (χ0v) is 19.3. The molecule has 0 radical (unpaired) electrons. The lowest BCUT2D eigenvalue weighted by molar-refractivity contribution is -0.296. The highest BCUT2D eigenvalue weighted by atomic mass is 16.6. The summed E-state index contributed by atoms with van der Waals surface area (Å²) in [6, 6.07) is 0. The number of Topliss-reactive ketones (excluding diaryl/α,β-unsaturated/α-hetero) is 1. The van der Waals surface area contributed by atoms with Gasteiger partial charge in [0, 0.05) is 31.1 Å². The van der Waals surface area contributed by atoms with Crippen LogP contribution < -0.4 is 0 Å². The highest BCUT2D eigenvalue weighted by Crippen LogP contribution is 2.71. The molecule has 0 aliphatic heterocycles. The van der Waals surface area contributed by atoms with Gasteiger partial charge in [-0.3, -0.25) is 14.4 Å². The number of carbonyl (C=O) groups is 3. The second-order valence-corrected chi connectivity index (χ2v) is 11.2. The topological polar surface area (TPSA) is 130 Å². The normalized spacial score (nSPS) is 49.1. The molecule has 0 heterocycles. The van der Waals surface area contributed by atoms with Crippen molar-refractivity contribution in [1.82, 2.24) is 0 Å². The number of ketones is 1. The molecular weight excluding hydrogens is 416 g/mol. The van der Waals surface area contributed by atoms with Crippen LogP contribution in [0.5, 0.6) is 0 Å². The molecule has 0 aromatic rings. The second kappa shape index (κ2) is 7.11. The van der Waals surface area contributed by atoms with E-state index in [-0.39, 0.29) is 18.1 Å². The fourth-order valence-electron chi connectivity index (χ4n) is 8.42. The third-order valence-electron chi connectivity index (χ3n) is 8.96. The Morgan fingerprint density at radius 1 is 0.938 bits per heavy atom. The molecule has 0 aromatic heterocycles. The van der Waals surface area contributed by atoms with E-state index in [1.165, 1.54) is 13.8 Å². The minimum absolute atomic E-state index is 0.122. The Morgan fingerprint density at radius 3 is 2.06 bits per heavy atom. The molecule has 3 N–H and O–H groups in total. The number of aliphatic hydroxyl groups is 3. The predicted octanol–water partition coefficient (Wildman–Crippen LogP) is 1.15. The third kappa shape index (κ3) is 2.82. The summed E-state index contributed by atoms with van der Waals surface area (Å²) in [5, 5.41) is 34.2. The zero-order chi connectivity index (χ0) is 24.0. The summed E-state index contributed by atoms with van der Waals surface area (Å²) in [5.41, 5.74) is -2.74. The first-order chi connectivity index (χ1) is 14.7. The Bertz CT molecular complexity index is 879. The Hall–Kier alpha value is -1.77. The lowest BCUT2D eigenvalue weighted by Gasteiger charge is -2.68. The van der Waals surface area contributed by atoms with E-state index in [0.29, 0.717) is 18.4 Å². The van der Waals surface area contributed by atoms with Gasteiger partial charge in [0.1, 0.15) is 12.2 Å². The molecule has 0 amide bonds. The van der Waals surface area contributed by atoms with Gasteiger partial charge in [-0.2, -0.15) is 0 Å². The lowest BCUT2D eigenvalue weighted by Crippen LogP contribution is -2.75. The number of hydrogen-bond acceptors (Lipinski definition) is 8. The van der Waals surface area contributed by atoms with Gasteiger partial charge in [0.15, 0.2) is 5.78 Å². The highest BCUT2D eigenvalue weighted by molar-refractivity contribution is 6.04. The Labute approximate surface area is 188 Å². The van der Waals surface area contributed by atoms with Crippen molar-refractivity contribution in [2.24, 2.45) is 34.0 Å². The fraction of sp³-hybridized carbons (Fsp3) is 0.792. The van der Waals surface area contributed by atoms with Crippen LogP contribution in [0.15, 0.2) is 12.2 Å². The van der Waals surface area contributed by atoms with E-state index in [1.807, 2.05) is 6.92 Å². The zero-order valence-electron chi connectivity index (χ0n) is 19.3. The van der Waals surface area contributed by atoms with Crippen molar-refractivity contribution >= 4 is 17.7 Å². The van der Waals surface area contributed by atoms with Crippen LogP contribution in [0.25, 0.3) is 0 Å². The molecule has 4 aliphatic carbocycles. The predicted molar refractivity (Wildman–Crippen MR) is 112 cm³/mol. The van der Waals surface area contributed by atoms with Gasteiger partial charge in [-0.25, -0.2) is 0 Å². The number of aliphatic hydroxyl groups excluding tert-OH is 3. The molecule has 0 unspecified atom stereocenters. The largest absolute Gasteiger partial charge is 0.459 e. The van der Waals surface area contributed by atoms with Crippen LogP contribution in [0, 0.1) is 34.0 Å². The summed E-state index contributed by atoms with van der Waals surface area (Å²) < 4.78 is 11.1. The van der Waals surface area contributed by atoms with Crippen molar-refractivity contribution in [3.8, 4) is 0 Å². The minimum Gasteiger partial charge on any atom is -0.459 e. The summed E-state index contributed by atoms with van der Waals surface area (Å²) in [5.74, 6) is -2.99. The van der Waals surface area contributed by atoms with Crippen molar-refractivity contribution in [2.45, 2.75) is 84.4 Å². The lowest BCUT2D eigenvalue weighted by atomic mass is 9.38. The van der Waals surface area contributed by atoms with Crippen LogP contribution in [0.1, 0.15) is 53.9 Å². The van der Waals surface area contributed by atoms with E-state index in [4.69, 9.17) is 9.47 Å². The summed E-state index contributed by atoms with van der Waals surface area (Å²) in [6.07, 6.45) is -4.46.